The maximum atomic E-state index is 13.3. The van der Waals surface area contributed by atoms with Crippen molar-refractivity contribution in [1.82, 2.24) is 10.2 Å². The van der Waals surface area contributed by atoms with E-state index < -0.39 is 22.3 Å². The molecule has 0 aliphatic carbocycles. The van der Waals surface area contributed by atoms with Crippen LogP contribution in [0.4, 0.5) is 10.1 Å². The first-order valence-electron chi connectivity index (χ1n) is 7.17. The number of hydrogen-bond acceptors (Lipinski definition) is 4. The van der Waals surface area contributed by atoms with E-state index in [-0.39, 0.29) is 11.1 Å². The number of halogens is 1. The minimum Gasteiger partial charge on any atom is -0.350 e. The summed E-state index contributed by atoms with van der Waals surface area (Å²) in [4.78, 5) is 24.5. The van der Waals surface area contributed by atoms with Crippen LogP contribution in [0.1, 0.15) is 37.0 Å². The van der Waals surface area contributed by atoms with E-state index >= 15 is 0 Å². The molecule has 0 fully saturated rings. The van der Waals surface area contributed by atoms with Crippen molar-refractivity contribution >= 4 is 11.6 Å². The average molecular weight is 311 g/mol. The number of nitro benzene ring substituents is 1. The molecule has 1 N–H and O–H groups in total. The zero-order chi connectivity index (χ0) is 16.9. The second-order valence-corrected chi connectivity index (χ2v) is 5.43. The number of nitro groups is 1. The Bertz CT molecular complexity index is 557. The Morgan fingerprint density at radius 3 is 2.41 bits per heavy atom. The highest BCUT2D eigenvalue weighted by atomic mass is 19.1. The molecule has 0 saturated carbocycles. The van der Waals surface area contributed by atoms with E-state index in [0.717, 1.165) is 31.0 Å². The second kappa shape index (κ2) is 7.31. The molecule has 7 heteroatoms. The molecule has 1 rings (SSSR count). The quantitative estimate of drug-likeness (QED) is 0.620. The Morgan fingerprint density at radius 1 is 1.36 bits per heavy atom. The van der Waals surface area contributed by atoms with Crippen molar-refractivity contribution in [3.8, 4) is 0 Å². The van der Waals surface area contributed by atoms with Crippen molar-refractivity contribution in [3.05, 3.63) is 39.7 Å². The highest BCUT2D eigenvalue weighted by Gasteiger charge is 2.30. The lowest BCUT2D eigenvalue weighted by Gasteiger charge is -2.38. The van der Waals surface area contributed by atoms with Gasteiger partial charge in [-0.25, -0.2) is 4.39 Å². The highest BCUT2D eigenvalue weighted by Crippen LogP contribution is 2.22. The summed E-state index contributed by atoms with van der Waals surface area (Å²) < 4.78 is 13.3. The second-order valence-electron chi connectivity index (χ2n) is 5.43. The molecule has 0 atom stereocenters. The lowest BCUT2D eigenvalue weighted by atomic mass is 9.91. The van der Waals surface area contributed by atoms with E-state index in [4.69, 9.17) is 0 Å². The highest BCUT2D eigenvalue weighted by molar-refractivity contribution is 5.98. The standard InChI is InChI=1S/C15H22FN3O3/c1-5-15(6-2,18(3)4)10-17-14(20)12-9-11(16)7-8-13(12)19(21)22/h7-9H,5-6,10H2,1-4H3,(H,17,20). The van der Waals surface area contributed by atoms with E-state index in [0.29, 0.717) is 6.54 Å². The van der Waals surface area contributed by atoms with Gasteiger partial charge in [0, 0.05) is 18.2 Å². The number of nitrogens with one attached hydrogen (secondary N) is 1. The smallest absolute Gasteiger partial charge is 0.282 e. The fourth-order valence-electron chi connectivity index (χ4n) is 2.48. The summed E-state index contributed by atoms with van der Waals surface area (Å²) in [5.74, 6) is -1.32. The van der Waals surface area contributed by atoms with Crippen LogP contribution < -0.4 is 5.32 Å². The van der Waals surface area contributed by atoms with Crippen LogP contribution in [-0.2, 0) is 0 Å². The van der Waals surface area contributed by atoms with Crippen molar-refractivity contribution in [2.24, 2.45) is 0 Å². The zero-order valence-electron chi connectivity index (χ0n) is 13.4. The molecule has 0 aliphatic rings. The first-order chi connectivity index (χ1) is 10.3. The van der Waals surface area contributed by atoms with Crippen LogP contribution in [0.15, 0.2) is 18.2 Å². The van der Waals surface area contributed by atoms with Gasteiger partial charge in [0.05, 0.1) is 4.92 Å². The van der Waals surface area contributed by atoms with Crippen LogP contribution in [0.2, 0.25) is 0 Å². The molecule has 0 spiro atoms. The maximum Gasteiger partial charge on any atom is 0.282 e. The predicted molar refractivity (Wildman–Crippen MR) is 82.4 cm³/mol. The summed E-state index contributed by atoms with van der Waals surface area (Å²) in [6, 6.07) is 2.86. The van der Waals surface area contributed by atoms with Crippen molar-refractivity contribution in [2.45, 2.75) is 32.2 Å². The third kappa shape index (κ3) is 3.79. The van der Waals surface area contributed by atoms with Crippen molar-refractivity contribution < 1.29 is 14.1 Å². The summed E-state index contributed by atoms with van der Waals surface area (Å²) in [5.41, 5.74) is -0.898. The Balaban J connectivity index is 2.99. The number of nitrogens with zero attached hydrogens (tertiary/aromatic N) is 2. The van der Waals surface area contributed by atoms with E-state index in [9.17, 15) is 19.3 Å². The summed E-state index contributed by atoms with van der Waals surface area (Å²) in [6.45, 7) is 4.36. The van der Waals surface area contributed by atoms with E-state index in [1.54, 1.807) is 0 Å². The SMILES string of the molecule is CCC(CC)(CNC(=O)c1cc(F)ccc1[N+](=O)[O-])N(C)C. The Kier molecular flexibility index (Phi) is 5.99. The zero-order valence-corrected chi connectivity index (χ0v) is 13.4. The molecule has 1 aromatic carbocycles. The molecule has 122 valence electrons. The van der Waals surface area contributed by atoms with Crippen molar-refractivity contribution in [1.29, 1.82) is 0 Å². The van der Waals surface area contributed by atoms with Crippen molar-refractivity contribution in [2.75, 3.05) is 20.6 Å². The van der Waals surface area contributed by atoms with Gasteiger partial charge in [-0.3, -0.25) is 14.9 Å². The summed E-state index contributed by atoms with van der Waals surface area (Å²) >= 11 is 0. The van der Waals surface area contributed by atoms with E-state index in [1.165, 1.54) is 0 Å². The minimum absolute atomic E-state index is 0.238. The van der Waals surface area contributed by atoms with Crippen LogP contribution in [0, 0.1) is 15.9 Å². The van der Waals surface area contributed by atoms with Gasteiger partial charge >= 0.3 is 0 Å². The number of carbonyl (C=O) groups excluding carboxylic acids is 1. The van der Waals surface area contributed by atoms with Gasteiger partial charge in [0.15, 0.2) is 0 Å². The fourth-order valence-corrected chi connectivity index (χ4v) is 2.48. The molecule has 0 saturated heterocycles. The number of rotatable bonds is 7. The molecular weight excluding hydrogens is 289 g/mol. The van der Waals surface area contributed by atoms with Crippen molar-refractivity contribution in [3.63, 3.8) is 0 Å². The predicted octanol–water partition coefficient (Wildman–Crippen LogP) is 2.58. The van der Waals surface area contributed by atoms with Gasteiger partial charge in [0.25, 0.3) is 11.6 Å². The molecule has 1 amide bonds. The number of benzene rings is 1. The van der Waals surface area contributed by atoms with Gasteiger partial charge in [-0.05, 0) is 39.1 Å². The average Bonchev–Trinajstić information content (AvgIpc) is 2.47. The van der Waals surface area contributed by atoms with Crippen LogP contribution in [0.25, 0.3) is 0 Å². The molecule has 22 heavy (non-hydrogen) atoms. The third-order valence-electron chi connectivity index (χ3n) is 4.24. The number of carbonyl (C=O) groups is 1. The fraction of sp³-hybridized carbons (Fsp3) is 0.533. The molecular formula is C15H22FN3O3. The molecule has 0 radical (unpaired) electrons. The number of likely N-dealkylation sites (N-methyl/N-ethyl adjacent to an activating group) is 1. The van der Waals surface area contributed by atoms with Gasteiger partial charge in [-0.15, -0.1) is 0 Å². The van der Waals surface area contributed by atoms with Crippen LogP contribution in [0.5, 0.6) is 0 Å². The van der Waals surface area contributed by atoms with Crippen LogP contribution >= 0.6 is 0 Å². The van der Waals surface area contributed by atoms with E-state index in [1.807, 2.05) is 32.8 Å². The van der Waals surface area contributed by atoms with Gasteiger partial charge in [-0.2, -0.15) is 0 Å². The van der Waals surface area contributed by atoms with Gasteiger partial charge < -0.3 is 10.2 Å². The van der Waals surface area contributed by atoms with Crippen LogP contribution in [0.3, 0.4) is 0 Å². The normalized spacial score (nSPS) is 11.5. The summed E-state index contributed by atoms with van der Waals surface area (Å²) in [6.07, 6.45) is 1.62. The molecule has 6 nitrogen and oxygen atoms in total. The summed E-state index contributed by atoms with van der Waals surface area (Å²) in [5, 5.41) is 13.6. The monoisotopic (exact) mass is 311 g/mol. The Labute approximate surface area is 129 Å². The van der Waals surface area contributed by atoms with Gasteiger partial charge in [-0.1, -0.05) is 13.8 Å². The number of hydrogen-bond donors (Lipinski definition) is 1. The molecule has 0 aliphatic heterocycles. The molecule has 1 aromatic rings. The topological polar surface area (TPSA) is 75.5 Å². The lowest BCUT2D eigenvalue weighted by Crippen LogP contribution is -2.52. The molecule has 0 bridgehead atoms. The molecule has 0 heterocycles. The third-order valence-corrected chi connectivity index (χ3v) is 4.24. The first kappa shape index (κ1) is 18.0. The largest absolute Gasteiger partial charge is 0.350 e. The lowest BCUT2D eigenvalue weighted by molar-refractivity contribution is -0.385. The minimum atomic E-state index is -0.687. The van der Waals surface area contributed by atoms with Gasteiger partial charge in [0.2, 0.25) is 0 Å². The summed E-state index contributed by atoms with van der Waals surface area (Å²) in [7, 11) is 3.84. The first-order valence-corrected chi connectivity index (χ1v) is 7.17. The molecule has 0 aromatic heterocycles. The Morgan fingerprint density at radius 2 is 1.95 bits per heavy atom. The van der Waals surface area contributed by atoms with Crippen LogP contribution in [-0.4, -0.2) is 41.9 Å². The number of amides is 1. The van der Waals surface area contributed by atoms with Gasteiger partial charge in [0.1, 0.15) is 11.4 Å². The van der Waals surface area contributed by atoms with E-state index in [2.05, 4.69) is 5.32 Å². The Hall–Kier alpha value is -2.02. The maximum absolute atomic E-state index is 13.3. The molecule has 0 unspecified atom stereocenters.